The lowest BCUT2D eigenvalue weighted by Gasteiger charge is -2.26. The average molecular weight is 278 g/mol. The monoisotopic (exact) mass is 276 g/mol. The van der Waals surface area contributed by atoms with Crippen molar-refractivity contribution >= 4 is 34.8 Å². The van der Waals surface area contributed by atoms with Crippen molar-refractivity contribution in [3.8, 4) is 0 Å². The van der Waals surface area contributed by atoms with Gasteiger partial charge in [-0.05, 0) is 42.5 Å². The van der Waals surface area contributed by atoms with E-state index in [1.165, 1.54) is 32.1 Å². The van der Waals surface area contributed by atoms with E-state index in [-0.39, 0.29) is 5.38 Å². The largest absolute Gasteiger partial charge is 0.117 e. The zero-order valence-electron chi connectivity index (χ0n) is 9.06. The van der Waals surface area contributed by atoms with Crippen molar-refractivity contribution in [1.82, 2.24) is 0 Å². The van der Waals surface area contributed by atoms with Gasteiger partial charge in [-0.1, -0.05) is 42.5 Å². The number of benzene rings is 1. The number of hydrogen-bond donors (Lipinski definition) is 0. The number of halogens is 3. The second-order valence-electron chi connectivity index (χ2n) is 4.47. The molecule has 0 N–H and O–H groups in total. The molecule has 0 saturated heterocycles. The van der Waals surface area contributed by atoms with Gasteiger partial charge in [0.25, 0.3) is 0 Å². The molecule has 1 aliphatic carbocycles. The minimum atomic E-state index is 0.00602. The van der Waals surface area contributed by atoms with Gasteiger partial charge in [-0.25, -0.2) is 0 Å². The molecule has 88 valence electrons. The molecule has 1 aromatic rings. The topological polar surface area (TPSA) is 0 Å². The summed E-state index contributed by atoms with van der Waals surface area (Å²) in [7, 11) is 0. The minimum Gasteiger partial charge on any atom is -0.117 e. The first-order valence-electron chi connectivity index (χ1n) is 5.77. The van der Waals surface area contributed by atoms with Gasteiger partial charge in [0.1, 0.15) is 0 Å². The van der Waals surface area contributed by atoms with E-state index in [0.717, 1.165) is 10.6 Å². The first kappa shape index (κ1) is 12.5. The molecule has 0 heterocycles. The van der Waals surface area contributed by atoms with Crippen LogP contribution in [0.3, 0.4) is 0 Å². The normalized spacial score (nSPS) is 19.7. The molecule has 0 aliphatic heterocycles. The lowest BCUT2D eigenvalue weighted by Crippen LogP contribution is -2.12. The summed E-state index contributed by atoms with van der Waals surface area (Å²) in [6.45, 7) is 0. The molecule has 0 amide bonds. The quantitative estimate of drug-likeness (QED) is 0.595. The van der Waals surface area contributed by atoms with E-state index in [9.17, 15) is 0 Å². The Kier molecular flexibility index (Phi) is 4.41. The van der Waals surface area contributed by atoms with Crippen molar-refractivity contribution in [2.24, 2.45) is 5.92 Å². The molecule has 16 heavy (non-hydrogen) atoms. The van der Waals surface area contributed by atoms with E-state index in [0.29, 0.717) is 10.9 Å². The minimum absolute atomic E-state index is 0.00602. The highest BCUT2D eigenvalue weighted by Crippen LogP contribution is 2.41. The standard InChI is InChI=1S/C13H15Cl3/c14-10-6-7-12(15)11(8-10)13(16)9-4-2-1-3-5-9/h6-9,13H,1-5H2. The summed E-state index contributed by atoms with van der Waals surface area (Å²) in [6.07, 6.45) is 6.32. The molecule has 1 saturated carbocycles. The Morgan fingerprint density at radius 1 is 1.06 bits per heavy atom. The van der Waals surface area contributed by atoms with E-state index < -0.39 is 0 Å². The summed E-state index contributed by atoms with van der Waals surface area (Å²) in [5, 5.41) is 1.45. The van der Waals surface area contributed by atoms with Crippen molar-refractivity contribution < 1.29 is 0 Å². The molecule has 0 nitrogen and oxygen atoms in total. The molecule has 1 aromatic carbocycles. The highest BCUT2D eigenvalue weighted by atomic mass is 35.5. The molecule has 0 aromatic heterocycles. The van der Waals surface area contributed by atoms with Crippen molar-refractivity contribution in [3.05, 3.63) is 33.8 Å². The molecule has 2 rings (SSSR count). The summed E-state index contributed by atoms with van der Waals surface area (Å²) in [5.74, 6) is 0.548. The van der Waals surface area contributed by atoms with Crippen molar-refractivity contribution in [1.29, 1.82) is 0 Å². The highest BCUT2D eigenvalue weighted by molar-refractivity contribution is 6.34. The Morgan fingerprint density at radius 2 is 1.75 bits per heavy atom. The molecule has 0 bridgehead atoms. The van der Waals surface area contributed by atoms with Crippen LogP contribution in [0.5, 0.6) is 0 Å². The van der Waals surface area contributed by atoms with Crippen LogP contribution in [-0.4, -0.2) is 0 Å². The molecule has 0 radical (unpaired) electrons. The molecule has 0 spiro atoms. The van der Waals surface area contributed by atoms with Gasteiger partial charge in [0.05, 0.1) is 5.38 Å². The fourth-order valence-corrected chi connectivity index (χ4v) is 3.31. The van der Waals surface area contributed by atoms with Crippen LogP contribution in [0.15, 0.2) is 18.2 Å². The van der Waals surface area contributed by atoms with Crippen molar-refractivity contribution in [2.45, 2.75) is 37.5 Å². The summed E-state index contributed by atoms with van der Waals surface area (Å²) in [4.78, 5) is 0. The zero-order chi connectivity index (χ0) is 11.5. The molecular formula is C13H15Cl3. The fraction of sp³-hybridized carbons (Fsp3) is 0.538. The number of hydrogen-bond acceptors (Lipinski definition) is 0. The maximum Gasteiger partial charge on any atom is 0.0628 e. The smallest absolute Gasteiger partial charge is 0.0628 e. The average Bonchev–Trinajstić information content (AvgIpc) is 2.32. The Hall–Kier alpha value is 0.0900. The maximum atomic E-state index is 6.52. The van der Waals surface area contributed by atoms with Gasteiger partial charge >= 0.3 is 0 Å². The van der Waals surface area contributed by atoms with Gasteiger partial charge in [0.15, 0.2) is 0 Å². The van der Waals surface area contributed by atoms with Crippen LogP contribution in [-0.2, 0) is 0 Å². The summed E-state index contributed by atoms with van der Waals surface area (Å²) >= 11 is 18.7. The van der Waals surface area contributed by atoms with Gasteiger partial charge in [-0.2, -0.15) is 0 Å². The summed E-state index contributed by atoms with van der Waals surface area (Å²) in [5.41, 5.74) is 0.989. The van der Waals surface area contributed by atoms with Crippen molar-refractivity contribution in [2.75, 3.05) is 0 Å². The van der Waals surface area contributed by atoms with Gasteiger partial charge in [0.2, 0.25) is 0 Å². The van der Waals surface area contributed by atoms with Crippen LogP contribution < -0.4 is 0 Å². The Labute approximate surface area is 112 Å². The first-order valence-corrected chi connectivity index (χ1v) is 6.97. The highest BCUT2D eigenvalue weighted by Gasteiger charge is 2.24. The second kappa shape index (κ2) is 5.62. The molecule has 3 heteroatoms. The Morgan fingerprint density at radius 3 is 2.44 bits per heavy atom. The van der Waals surface area contributed by atoms with Crippen LogP contribution in [0, 0.1) is 5.92 Å². The van der Waals surface area contributed by atoms with E-state index in [4.69, 9.17) is 34.8 Å². The van der Waals surface area contributed by atoms with E-state index in [1.54, 1.807) is 6.07 Å². The third-order valence-electron chi connectivity index (χ3n) is 3.32. The summed E-state index contributed by atoms with van der Waals surface area (Å²) < 4.78 is 0. The first-order chi connectivity index (χ1) is 7.68. The van der Waals surface area contributed by atoms with Crippen LogP contribution in [0.4, 0.5) is 0 Å². The van der Waals surface area contributed by atoms with Gasteiger partial charge in [0, 0.05) is 10.0 Å². The lowest BCUT2D eigenvalue weighted by molar-refractivity contribution is 0.348. The third kappa shape index (κ3) is 2.85. The summed E-state index contributed by atoms with van der Waals surface area (Å²) in [6, 6.07) is 5.53. The lowest BCUT2D eigenvalue weighted by atomic mass is 9.84. The van der Waals surface area contributed by atoms with E-state index in [1.807, 2.05) is 12.1 Å². The molecule has 1 unspecified atom stereocenters. The fourth-order valence-electron chi connectivity index (χ4n) is 2.41. The van der Waals surface area contributed by atoms with Crippen LogP contribution in [0.2, 0.25) is 10.0 Å². The van der Waals surface area contributed by atoms with E-state index >= 15 is 0 Å². The molecule has 1 atom stereocenters. The Bertz CT molecular complexity index is 356. The van der Waals surface area contributed by atoms with Gasteiger partial charge in [-0.3, -0.25) is 0 Å². The maximum absolute atomic E-state index is 6.52. The Balaban J connectivity index is 2.18. The predicted molar refractivity (Wildman–Crippen MR) is 71.6 cm³/mol. The molecule has 1 aliphatic rings. The van der Waals surface area contributed by atoms with Gasteiger partial charge < -0.3 is 0 Å². The van der Waals surface area contributed by atoms with Crippen molar-refractivity contribution in [3.63, 3.8) is 0 Å². The number of alkyl halides is 1. The third-order valence-corrected chi connectivity index (χ3v) is 4.49. The van der Waals surface area contributed by atoms with Crippen LogP contribution in [0.1, 0.15) is 43.0 Å². The number of rotatable bonds is 2. The predicted octanol–water partition coefficient (Wildman–Crippen LogP) is 5.85. The second-order valence-corrected chi connectivity index (χ2v) is 5.78. The van der Waals surface area contributed by atoms with Crippen LogP contribution >= 0.6 is 34.8 Å². The SMILES string of the molecule is Clc1ccc(Cl)c(C(Cl)C2CCCCC2)c1. The van der Waals surface area contributed by atoms with Crippen LogP contribution in [0.25, 0.3) is 0 Å². The van der Waals surface area contributed by atoms with Gasteiger partial charge in [-0.15, -0.1) is 11.6 Å². The zero-order valence-corrected chi connectivity index (χ0v) is 11.3. The molecule has 1 fully saturated rings. The molecular weight excluding hydrogens is 263 g/mol. The van der Waals surface area contributed by atoms with E-state index in [2.05, 4.69) is 0 Å².